The van der Waals surface area contributed by atoms with Gasteiger partial charge in [0.1, 0.15) is 36.8 Å². The molecule has 2 N–H and O–H groups in total. The summed E-state index contributed by atoms with van der Waals surface area (Å²) in [5, 5.41) is 17.8. The van der Waals surface area contributed by atoms with Gasteiger partial charge in [-0.15, -0.1) is 0 Å². The molecule has 23 heavy (non-hydrogen) atoms. The molecule has 0 radical (unpaired) electrons. The zero-order valence-electron chi connectivity index (χ0n) is 12.4. The molecule has 0 amide bonds. The topological polar surface area (TPSA) is 85.2 Å². The van der Waals surface area contributed by atoms with Crippen molar-refractivity contribution < 1.29 is 29.2 Å². The number of carbonyl (C=O) groups excluding carboxylic acids is 1. The number of aliphatic hydroxyl groups excluding tert-OH is 2. The van der Waals surface area contributed by atoms with Crippen molar-refractivity contribution in [3.63, 3.8) is 0 Å². The van der Waals surface area contributed by atoms with Crippen LogP contribution in [0.3, 0.4) is 0 Å². The normalized spacial score (nSPS) is 28.5. The van der Waals surface area contributed by atoms with E-state index in [2.05, 4.69) is 6.58 Å². The molecule has 6 nitrogen and oxygen atoms in total. The van der Waals surface area contributed by atoms with Crippen molar-refractivity contribution in [3.05, 3.63) is 42.5 Å². The maximum atomic E-state index is 10.8. The van der Waals surface area contributed by atoms with E-state index < -0.39 is 17.5 Å². The molecular weight excluding hydrogens is 324 g/mol. The first-order valence-electron chi connectivity index (χ1n) is 7.16. The van der Waals surface area contributed by atoms with Gasteiger partial charge in [0, 0.05) is 5.56 Å². The summed E-state index contributed by atoms with van der Waals surface area (Å²) in [5.74, 6) is 0.617. The van der Waals surface area contributed by atoms with Gasteiger partial charge in [-0.05, 0) is 29.8 Å². The number of halogens is 1. The van der Waals surface area contributed by atoms with Gasteiger partial charge < -0.3 is 24.4 Å². The molecule has 2 aliphatic rings. The van der Waals surface area contributed by atoms with E-state index in [1.54, 1.807) is 30.3 Å². The van der Waals surface area contributed by atoms with Gasteiger partial charge in [-0.2, -0.15) is 0 Å². The highest BCUT2D eigenvalue weighted by molar-refractivity contribution is 6.67. The molecule has 1 aromatic carbocycles. The lowest BCUT2D eigenvalue weighted by Crippen LogP contribution is -2.30. The number of rotatable bonds is 4. The molecule has 0 saturated carbocycles. The Morgan fingerprint density at radius 2 is 1.91 bits per heavy atom. The van der Waals surface area contributed by atoms with Crippen LogP contribution in [0, 0.1) is 0 Å². The zero-order chi connectivity index (χ0) is 16.8. The molecule has 0 unspecified atom stereocenters. The van der Waals surface area contributed by atoms with Crippen LogP contribution in [0.15, 0.2) is 36.9 Å². The average molecular weight is 343 g/mol. The van der Waals surface area contributed by atoms with E-state index in [0.29, 0.717) is 17.9 Å². The molecule has 0 aromatic heterocycles. The molecule has 126 valence electrons. The summed E-state index contributed by atoms with van der Waals surface area (Å²) >= 11 is 5.29. The van der Waals surface area contributed by atoms with Crippen molar-refractivity contribution in [2.75, 3.05) is 19.8 Å². The second-order valence-electron chi connectivity index (χ2n) is 5.13. The van der Waals surface area contributed by atoms with Crippen molar-refractivity contribution in [3.8, 4) is 5.75 Å². The lowest BCUT2D eigenvalue weighted by molar-refractivity contribution is 0.00205. The summed E-state index contributed by atoms with van der Waals surface area (Å²) in [4.78, 5) is 10.8. The van der Waals surface area contributed by atoms with Gasteiger partial charge in [0.15, 0.2) is 0 Å². The van der Waals surface area contributed by atoms with E-state index in [4.69, 9.17) is 36.0 Å². The van der Waals surface area contributed by atoms with Crippen LogP contribution < -0.4 is 4.74 Å². The molecule has 2 saturated heterocycles. The molecule has 2 aliphatic heterocycles. The highest BCUT2D eigenvalue weighted by Crippen LogP contribution is 2.26. The number of aliphatic hydroxyl groups is 2. The first-order chi connectivity index (χ1) is 11.0. The Hall–Kier alpha value is -1.44. The predicted octanol–water partition coefficient (Wildman–Crippen LogP) is 1.14. The lowest BCUT2D eigenvalue weighted by atomic mass is 10.1. The van der Waals surface area contributed by atoms with Crippen LogP contribution in [0.2, 0.25) is 0 Å². The summed E-state index contributed by atoms with van der Waals surface area (Å²) in [5.41, 5.74) is 0.434. The lowest BCUT2D eigenvalue weighted by Gasteiger charge is -2.09. The van der Waals surface area contributed by atoms with Crippen LogP contribution in [0.4, 0.5) is 0 Å². The maximum Gasteiger partial charge on any atom is 0.252 e. The molecular formula is C16H19ClO6. The van der Waals surface area contributed by atoms with Crippen LogP contribution in [-0.4, -0.2) is 59.7 Å². The summed E-state index contributed by atoms with van der Waals surface area (Å²) < 4.78 is 15.4. The molecule has 0 spiro atoms. The predicted molar refractivity (Wildman–Crippen MR) is 83.8 cm³/mol. The van der Waals surface area contributed by atoms with Crippen molar-refractivity contribution >= 4 is 16.8 Å². The van der Waals surface area contributed by atoms with Crippen LogP contribution in [-0.2, 0) is 9.47 Å². The molecule has 7 heteroatoms. The Morgan fingerprint density at radius 3 is 2.43 bits per heavy atom. The molecule has 2 fully saturated rings. The summed E-state index contributed by atoms with van der Waals surface area (Å²) in [6.07, 6.45) is -0.0656. The second-order valence-corrected chi connectivity index (χ2v) is 5.48. The Bertz CT molecular complexity index is 533. The maximum absolute atomic E-state index is 10.8. The van der Waals surface area contributed by atoms with Gasteiger partial charge in [0.25, 0.3) is 5.24 Å². The number of hydrogen-bond donors (Lipinski definition) is 2. The fraction of sp³-hybridized carbons (Fsp3) is 0.438. The van der Waals surface area contributed by atoms with Gasteiger partial charge in [-0.3, -0.25) is 4.79 Å². The van der Waals surface area contributed by atoms with E-state index in [-0.39, 0.29) is 25.4 Å². The minimum Gasteiger partial charge on any atom is -0.490 e. The summed E-state index contributed by atoms with van der Waals surface area (Å²) in [6, 6.07) is 6.70. The Morgan fingerprint density at radius 1 is 1.30 bits per heavy atom. The number of hydrogen-bond acceptors (Lipinski definition) is 6. The largest absolute Gasteiger partial charge is 0.490 e. The molecule has 0 bridgehead atoms. The minimum atomic E-state index is -0.554. The molecule has 2 heterocycles. The molecule has 0 aliphatic carbocycles. The Labute approximate surface area is 139 Å². The first-order valence-corrected chi connectivity index (χ1v) is 7.53. The van der Waals surface area contributed by atoms with Gasteiger partial charge in [0.05, 0.1) is 13.2 Å². The highest BCUT2D eigenvalue weighted by atomic mass is 35.5. The number of ether oxygens (including phenoxy) is 3. The van der Waals surface area contributed by atoms with Crippen molar-refractivity contribution in [1.29, 1.82) is 0 Å². The van der Waals surface area contributed by atoms with Crippen molar-refractivity contribution in [2.45, 2.75) is 24.4 Å². The average Bonchev–Trinajstić information content (AvgIpc) is 3.10. The van der Waals surface area contributed by atoms with Crippen LogP contribution >= 0.6 is 11.6 Å². The van der Waals surface area contributed by atoms with Crippen LogP contribution in [0.5, 0.6) is 5.75 Å². The fourth-order valence-electron chi connectivity index (χ4n) is 2.32. The minimum absolute atomic E-state index is 0.284. The molecule has 1 aromatic rings. The number of carbonyl (C=O) groups is 1. The van der Waals surface area contributed by atoms with Crippen molar-refractivity contribution in [1.82, 2.24) is 0 Å². The van der Waals surface area contributed by atoms with Crippen molar-refractivity contribution in [2.24, 2.45) is 0 Å². The zero-order valence-corrected chi connectivity index (χ0v) is 13.2. The summed E-state index contributed by atoms with van der Waals surface area (Å²) in [6.45, 7) is 4.50. The molecule has 3 rings (SSSR count). The fourth-order valence-corrected chi connectivity index (χ4v) is 2.44. The summed E-state index contributed by atoms with van der Waals surface area (Å²) in [7, 11) is 0. The van der Waals surface area contributed by atoms with Crippen LogP contribution in [0.1, 0.15) is 10.4 Å². The molecule has 4 atom stereocenters. The van der Waals surface area contributed by atoms with E-state index >= 15 is 0 Å². The van der Waals surface area contributed by atoms with Gasteiger partial charge in [0.2, 0.25) is 0 Å². The van der Waals surface area contributed by atoms with Gasteiger partial charge in [-0.25, -0.2) is 0 Å². The van der Waals surface area contributed by atoms with Crippen LogP contribution in [0.25, 0.3) is 0 Å². The SMILES string of the molecule is C=CCOc1cccc(C(=O)Cl)c1.O[C@@H]1CO[C@H]2[C@@H]1OC[C@@H]2O. The van der Waals surface area contributed by atoms with E-state index in [1.807, 2.05) is 0 Å². The third-order valence-corrected chi connectivity index (χ3v) is 3.65. The second kappa shape index (κ2) is 8.42. The quantitative estimate of drug-likeness (QED) is 0.630. The van der Waals surface area contributed by atoms with Gasteiger partial charge >= 0.3 is 0 Å². The first kappa shape index (κ1) is 17.9. The highest BCUT2D eigenvalue weighted by Gasteiger charge is 2.46. The standard InChI is InChI=1S/C10H9ClO2.C6H10O4/c1-2-6-13-9-5-3-4-8(7-9)10(11)12;7-3-1-9-6-4(8)2-10-5(3)6/h2-5,7H,1,6H2;3-8H,1-2H2/t;3-,4+,5-,6-/m.1/s1. The van der Waals surface area contributed by atoms with E-state index in [0.717, 1.165) is 0 Å². The van der Waals surface area contributed by atoms with E-state index in [1.165, 1.54) is 0 Å². The number of fused-ring (bicyclic) bond motifs is 1. The third-order valence-electron chi connectivity index (χ3n) is 3.43. The Balaban J connectivity index is 0.000000172. The third kappa shape index (κ3) is 4.76. The van der Waals surface area contributed by atoms with E-state index in [9.17, 15) is 4.79 Å². The smallest absolute Gasteiger partial charge is 0.252 e. The Kier molecular flexibility index (Phi) is 6.56. The number of benzene rings is 1. The monoisotopic (exact) mass is 342 g/mol. The van der Waals surface area contributed by atoms with Gasteiger partial charge in [-0.1, -0.05) is 18.7 Å².